The predicted octanol–water partition coefficient (Wildman–Crippen LogP) is 5.66. The second-order valence-electron chi connectivity index (χ2n) is 8.83. The number of benzene rings is 2. The molecule has 5 rings (SSSR count). The SMILES string of the molecule is CC.Cc1c(Cl)cc(F)c(-c2nn(C)c3nc(N4CCN(C)CC4Cc4ccccc4)ncc23)c1F. The Labute approximate surface area is 215 Å². The molecule has 1 aliphatic heterocycles. The van der Waals surface area contributed by atoms with Gasteiger partial charge < -0.3 is 9.80 Å². The van der Waals surface area contributed by atoms with E-state index in [1.807, 2.05) is 32.0 Å². The number of rotatable bonds is 4. The zero-order chi connectivity index (χ0) is 26.0. The van der Waals surface area contributed by atoms with E-state index in [-0.39, 0.29) is 27.9 Å². The number of hydrogen-bond donors (Lipinski definition) is 0. The molecule has 1 fully saturated rings. The molecular formula is C27H31ClF2N6. The highest BCUT2D eigenvalue weighted by molar-refractivity contribution is 6.31. The Kier molecular flexibility index (Phi) is 7.85. The van der Waals surface area contributed by atoms with Crippen LogP contribution < -0.4 is 4.90 Å². The van der Waals surface area contributed by atoms with Crippen molar-refractivity contribution in [3.63, 3.8) is 0 Å². The molecule has 1 saturated heterocycles. The Bertz CT molecular complexity index is 1360. The van der Waals surface area contributed by atoms with Gasteiger partial charge in [0.2, 0.25) is 5.95 Å². The number of hydrogen-bond acceptors (Lipinski definition) is 5. The Morgan fingerprint density at radius 3 is 2.53 bits per heavy atom. The Morgan fingerprint density at radius 1 is 1.08 bits per heavy atom. The molecule has 190 valence electrons. The van der Waals surface area contributed by atoms with Crippen molar-refractivity contribution in [2.45, 2.75) is 33.2 Å². The van der Waals surface area contributed by atoms with E-state index in [1.54, 1.807) is 17.9 Å². The van der Waals surface area contributed by atoms with Crippen molar-refractivity contribution in [1.29, 1.82) is 0 Å². The number of halogens is 3. The first-order valence-corrected chi connectivity index (χ1v) is 12.5. The van der Waals surface area contributed by atoms with E-state index >= 15 is 0 Å². The van der Waals surface area contributed by atoms with Gasteiger partial charge in [0.05, 0.1) is 10.9 Å². The molecule has 0 N–H and O–H groups in total. The normalized spacial score (nSPS) is 16.2. The summed E-state index contributed by atoms with van der Waals surface area (Å²) in [5, 5.41) is 4.93. The molecule has 0 bridgehead atoms. The van der Waals surface area contributed by atoms with Gasteiger partial charge in [-0.1, -0.05) is 55.8 Å². The average molecular weight is 513 g/mol. The third-order valence-electron chi connectivity index (χ3n) is 6.46. The highest BCUT2D eigenvalue weighted by Crippen LogP contribution is 2.35. The molecule has 0 radical (unpaired) electrons. The van der Waals surface area contributed by atoms with Crippen LogP contribution in [0.4, 0.5) is 14.7 Å². The highest BCUT2D eigenvalue weighted by Gasteiger charge is 2.29. The van der Waals surface area contributed by atoms with Crippen molar-refractivity contribution in [3.05, 3.63) is 70.4 Å². The molecule has 3 heterocycles. The lowest BCUT2D eigenvalue weighted by molar-refractivity contribution is 0.264. The van der Waals surface area contributed by atoms with Crippen LogP contribution in [0.2, 0.25) is 5.02 Å². The summed E-state index contributed by atoms with van der Waals surface area (Å²) in [6.45, 7) is 8.07. The van der Waals surface area contributed by atoms with Crippen LogP contribution in [-0.4, -0.2) is 57.4 Å². The molecule has 0 saturated carbocycles. The smallest absolute Gasteiger partial charge is 0.227 e. The number of aryl methyl sites for hydroxylation is 1. The van der Waals surface area contributed by atoms with Gasteiger partial charge in [0.25, 0.3) is 0 Å². The van der Waals surface area contributed by atoms with Crippen molar-refractivity contribution in [2.24, 2.45) is 7.05 Å². The molecule has 6 nitrogen and oxygen atoms in total. The van der Waals surface area contributed by atoms with E-state index in [9.17, 15) is 8.78 Å². The van der Waals surface area contributed by atoms with Crippen LogP contribution in [-0.2, 0) is 13.5 Å². The van der Waals surface area contributed by atoms with Crippen LogP contribution in [0.25, 0.3) is 22.3 Å². The second kappa shape index (κ2) is 10.9. The third kappa shape index (κ3) is 4.92. The monoisotopic (exact) mass is 512 g/mol. The minimum atomic E-state index is -0.765. The van der Waals surface area contributed by atoms with E-state index in [1.165, 1.54) is 12.5 Å². The minimum Gasteiger partial charge on any atom is -0.335 e. The topological polar surface area (TPSA) is 50.1 Å². The number of anilines is 1. The minimum absolute atomic E-state index is 0.0389. The number of fused-ring (bicyclic) bond motifs is 1. The lowest BCUT2D eigenvalue weighted by Gasteiger charge is -2.40. The molecule has 0 spiro atoms. The van der Waals surface area contributed by atoms with Crippen molar-refractivity contribution in [2.75, 3.05) is 31.6 Å². The molecule has 1 unspecified atom stereocenters. The first-order chi connectivity index (χ1) is 17.3. The fourth-order valence-corrected chi connectivity index (χ4v) is 4.77. The third-order valence-corrected chi connectivity index (χ3v) is 6.85. The lowest BCUT2D eigenvalue weighted by Crippen LogP contribution is -2.53. The summed E-state index contributed by atoms with van der Waals surface area (Å²) in [5.74, 6) is -0.903. The molecule has 4 aromatic rings. The van der Waals surface area contributed by atoms with E-state index in [0.717, 1.165) is 32.1 Å². The molecule has 1 atom stereocenters. The molecule has 9 heteroatoms. The largest absolute Gasteiger partial charge is 0.335 e. The number of piperazine rings is 1. The first kappa shape index (κ1) is 26.0. The summed E-state index contributed by atoms with van der Waals surface area (Å²) in [6.07, 6.45) is 2.48. The van der Waals surface area contributed by atoms with Gasteiger partial charge in [-0.25, -0.2) is 18.4 Å². The van der Waals surface area contributed by atoms with E-state index in [2.05, 4.69) is 39.1 Å². The highest BCUT2D eigenvalue weighted by atomic mass is 35.5. The maximum absolute atomic E-state index is 15.0. The Hall–Kier alpha value is -3.10. The summed E-state index contributed by atoms with van der Waals surface area (Å²) in [6, 6.07) is 11.7. The van der Waals surface area contributed by atoms with Crippen molar-refractivity contribution >= 4 is 28.6 Å². The van der Waals surface area contributed by atoms with Crippen LogP contribution in [0, 0.1) is 18.6 Å². The zero-order valence-corrected chi connectivity index (χ0v) is 22.0. The molecular weight excluding hydrogens is 482 g/mol. The fourth-order valence-electron chi connectivity index (χ4n) is 4.59. The van der Waals surface area contributed by atoms with Gasteiger partial charge >= 0.3 is 0 Å². The summed E-state index contributed by atoms with van der Waals surface area (Å²) in [5.41, 5.74) is 1.89. The molecule has 2 aromatic heterocycles. The van der Waals surface area contributed by atoms with Gasteiger partial charge in [-0.3, -0.25) is 0 Å². The number of nitrogens with zero attached hydrogens (tertiary/aromatic N) is 6. The molecule has 36 heavy (non-hydrogen) atoms. The van der Waals surface area contributed by atoms with Gasteiger partial charge in [0, 0.05) is 49.5 Å². The van der Waals surface area contributed by atoms with Crippen LogP contribution in [0.3, 0.4) is 0 Å². The molecule has 2 aromatic carbocycles. The van der Waals surface area contributed by atoms with Gasteiger partial charge in [-0.15, -0.1) is 0 Å². The van der Waals surface area contributed by atoms with Gasteiger partial charge in [-0.05, 0) is 32.0 Å². The van der Waals surface area contributed by atoms with Crippen molar-refractivity contribution < 1.29 is 8.78 Å². The Morgan fingerprint density at radius 2 is 1.81 bits per heavy atom. The first-order valence-electron chi connectivity index (χ1n) is 12.2. The summed E-state index contributed by atoms with van der Waals surface area (Å²) in [7, 11) is 3.83. The quantitative estimate of drug-likeness (QED) is 0.353. The summed E-state index contributed by atoms with van der Waals surface area (Å²) >= 11 is 5.95. The fraction of sp³-hybridized carbons (Fsp3) is 0.370. The van der Waals surface area contributed by atoms with Crippen molar-refractivity contribution in [1.82, 2.24) is 24.6 Å². The lowest BCUT2D eigenvalue weighted by atomic mass is 10.0. The molecule has 1 aliphatic rings. The standard InChI is InChI=1S/C25H25ClF2N6.C2H6/c1-15-19(26)12-20(27)21(22(15)28)23-18-13-29-25(30-24(18)33(3)31-23)34-10-9-32(2)14-17(34)11-16-7-5-4-6-8-16;1-2/h4-8,12-13,17H,9-11,14H2,1-3H3;1-2H3. The summed E-state index contributed by atoms with van der Waals surface area (Å²) in [4.78, 5) is 13.9. The van der Waals surface area contributed by atoms with E-state index < -0.39 is 11.6 Å². The van der Waals surface area contributed by atoms with Crippen LogP contribution in [0.1, 0.15) is 25.0 Å². The van der Waals surface area contributed by atoms with Gasteiger partial charge in [0.1, 0.15) is 17.3 Å². The maximum atomic E-state index is 15.0. The Balaban J connectivity index is 0.00000148. The summed E-state index contributed by atoms with van der Waals surface area (Å²) < 4.78 is 31.3. The van der Waals surface area contributed by atoms with E-state index in [0.29, 0.717) is 17.0 Å². The zero-order valence-electron chi connectivity index (χ0n) is 21.3. The molecule has 0 amide bonds. The average Bonchev–Trinajstić information content (AvgIpc) is 3.20. The van der Waals surface area contributed by atoms with Crippen LogP contribution in [0.5, 0.6) is 0 Å². The number of likely N-dealkylation sites (N-methyl/N-ethyl adjacent to an activating group) is 1. The van der Waals surface area contributed by atoms with Crippen LogP contribution in [0.15, 0.2) is 42.6 Å². The molecule has 0 aliphatic carbocycles. The second-order valence-corrected chi connectivity index (χ2v) is 9.24. The number of aromatic nitrogens is 4. The predicted molar refractivity (Wildman–Crippen MR) is 142 cm³/mol. The van der Waals surface area contributed by atoms with Gasteiger partial charge in [0.15, 0.2) is 5.65 Å². The maximum Gasteiger partial charge on any atom is 0.227 e. The van der Waals surface area contributed by atoms with E-state index in [4.69, 9.17) is 16.6 Å². The van der Waals surface area contributed by atoms with Crippen molar-refractivity contribution in [3.8, 4) is 11.3 Å². The van der Waals surface area contributed by atoms with Crippen LogP contribution >= 0.6 is 11.6 Å². The van der Waals surface area contributed by atoms with Gasteiger partial charge in [-0.2, -0.15) is 10.1 Å².